The van der Waals surface area contributed by atoms with Crippen molar-refractivity contribution in [3.05, 3.63) is 29.8 Å². The van der Waals surface area contributed by atoms with Gasteiger partial charge < -0.3 is 10.2 Å². The SMILES string of the molecule is CCC(NC)c1ccc(N2CCCC2C2CCCC2)cc1. The summed E-state index contributed by atoms with van der Waals surface area (Å²) in [5, 5.41) is 3.40. The lowest BCUT2D eigenvalue weighted by molar-refractivity contribution is 0.431. The highest BCUT2D eigenvalue weighted by atomic mass is 15.2. The molecule has 0 bridgehead atoms. The van der Waals surface area contributed by atoms with Gasteiger partial charge in [0.1, 0.15) is 0 Å². The van der Waals surface area contributed by atoms with E-state index in [-0.39, 0.29) is 0 Å². The Morgan fingerprint density at radius 3 is 2.43 bits per heavy atom. The summed E-state index contributed by atoms with van der Waals surface area (Å²) in [7, 11) is 2.05. The van der Waals surface area contributed by atoms with Crippen LogP contribution >= 0.6 is 0 Å². The van der Waals surface area contributed by atoms with Crippen molar-refractivity contribution in [1.29, 1.82) is 0 Å². The average molecular weight is 286 g/mol. The van der Waals surface area contributed by atoms with Crippen LogP contribution in [0.15, 0.2) is 24.3 Å². The van der Waals surface area contributed by atoms with Gasteiger partial charge in [-0.05, 0) is 62.8 Å². The van der Waals surface area contributed by atoms with Crippen LogP contribution in [0, 0.1) is 5.92 Å². The maximum atomic E-state index is 3.40. The summed E-state index contributed by atoms with van der Waals surface area (Å²) in [5.41, 5.74) is 2.86. The van der Waals surface area contributed by atoms with Crippen molar-refractivity contribution in [2.75, 3.05) is 18.5 Å². The van der Waals surface area contributed by atoms with Gasteiger partial charge in [0.2, 0.25) is 0 Å². The van der Waals surface area contributed by atoms with Crippen LogP contribution in [0.1, 0.15) is 63.5 Å². The monoisotopic (exact) mass is 286 g/mol. The standard InChI is InChI=1S/C19H30N2/c1-3-18(20-2)15-10-12-17(13-11-15)21-14-6-9-19(21)16-7-4-5-8-16/h10-13,16,18-20H,3-9,14H2,1-2H3. The summed E-state index contributed by atoms with van der Waals surface area (Å²) in [6.45, 7) is 3.50. The number of benzene rings is 1. The Morgan fingerprint density at radius 2 is 1.81 bits per heavy atom. The molecule has 2 aliphatic rings. The zero-order valence-corrected chi connectivity index (χ0v) is 13.6. The largest absolute Gasteiger partial charge is 0.368 e. The quantitative estimate of drug-likeness (QED) is 0.856. The zero-order chi connectivity index (χ0) is 14.7. The Kier molecular flexibility index (Phi) is 4.84. The van der Waals surface area contributed by atoms with Crippen LogP contribution in [0.3, 0.4) is 0 Å². The van der Waals surface area contributed by atoms with Crippen LogP contribution in [-0.4, -0.2) is 19.6 Å². The van der Waals surface area contributed by atoms with Gasteiger partial charge in [-0.25, -0.2) is 0 Å². The molecule has 0 aromatic heterocycles. The van der Waals surface area contributed by atoms with Crippen molar-refractivity contribution >= 4 is 5.69 Å². The molecule has 21 heavy (non-hydrogen) atoms. The molecule has 3 rings (SSSR count). The molecule has 1 heterocycles. The maximum Gasteiger partial charge on any atom is 0.0369 e. The molecular formula is C19H30N2. The lowest BCUT2D eigenvalue weighted by Gasteiger charge is -2.31. The van der Waals surface area contributed by atoms with Gasteiger partial charge in [-0.3, -0.25) is 0 Å². The Hall–Kier alpha value is -1.02. The first-order valence-corrected chi connectivity index (χ1v) is 8.87. The highest BCUT2D eigenvalue weighted by molar-refractivity contribution is 5.50. The van der Waals surface area contributed by atoms with E-state index in [4.69, 9.17) is 0 Å². The van der Waals surface area contributed by atoms with Crippen molar-refractivity contribution < 1.29 is 0 Å². The fourth-order valence-electron chi connectivity index (χ4n) is 4.45. The smallest absolute Gasteiger partial charge is 0.0369 e. The Bertz CT molecular complexity index is 429. The van der Waals surface area contributed by atoms with Crippen LogP contribution in [0.4, 0.5) is 5.69 Å². The number of hydrogen-bond donors (Lipinski definition) is 1. The van der Waals surface area contributed by atoms with Crippen molar-refractivity contribution in [2.45, 2.75) is 64.0 Å². The summed E-state index contributed by atoms with van der Waals surface area (Å²) in [6.07, 6.45) is 9.73. The lowest BCUT2D eigenvalue weighted by atomic mass is 9.95. The highest BCUT2D eigenvalue weighted by Gasteiger charge is 2.33. The third kappa shape index (κ3) is 3.11. The van der Waals surface area contributed by atoms with Crippen LogP contribution in [0.25, 0.3) is 0 Å². The van der Waals surface area contributed by atoms with Gasteiger partial charge in [-0.2, -0.15) is 0 Å². The molecule has 2 nitrogen and oxygen atoms in total. The molecule has 0 amide bonds. The van der Waals surface area contributed by atoms with E-state index in [0.717, 1.165) is 18.4 Å². The first-order valence-electron chi connectivity index (χ1n) is 8.87. The Labute approximate surface area is 129 Å². The van der Waals surface area contributed by atoms with Crippen molar-refractivity contribution in [3.63, 3.8) is 0 Å². The van der Waals surface area contributed by atoms with Gasteiger partial charge in [-0.1, -0.05) is 31.9 Å². The molecule has 1 N–H and O–H groups in total. The van der Waals surface area contributed by atoms with E-state index in [2.05, 4.69) is 48.5 Å². The summed E-state index contributed by atoms with van der Waals surface area (Å²) in [5.74, 6) is 0.952. The number of anilines is 1. The van der Waals surface area contributed by atoms with E-state index < -0.39 is 0 Å². The van der Waals surface area contributed by atoms with E-state index in [1.807, 2.05) is 0 Å². The minimum atomic E-state index is 0.489. The molecule has 2 atom stereocenters. The maximum absolute atomic E-state index is 3.40. The third-order valence-electron chi connectivity index (χ3n) is 5.63. The minimum absolute atomic E-state index is 0.489. The summed E-state index contributed by atoms with van der Waals surface area (Å²) < 4.78 is 0. The molecule has 1 aromatic carbocycles. The topological polar surface area (TPSA) is 15.3 Å². The van der Waals surface area contributed by atoms with Crippen LogP contribution in [0.2, 0.25) is 0 Å². The highest BCUT2D eigenvalue weighted by Crippen LogP contribution is 2.38. The fraction of sp³-hybridized carbons (Fsp3) is 0.684. The molecule has 116 valence electrons. The second-order valence-electron chi connectivity index (χ2n) is 6.79. The predicted molar refractivity (Wildman–Crippen MR) is 90.9 cm³/mol. The zero-order valence-electron chi connectivity index (χ0n) is 13.6. The second-order valence-corrected chi connectivity index (χ2v) is 6.79. The van der Waals surface area contributed by atoms with Gasteiger partial charge in [0.25, 0.3) is 0 Å². The molecule has 1 aliphatic heterocycles. The van der Waals surface area contributed by atoms with Crippen molar-refractivity contribution in [3.8, 4) is 0 Å². The number of hydrogen-bond acceptors (Lipinski definition) is 2. The number of nitrogens with zero attached hydrogens (tertiary/aromatic N) is 1. The van der Waals surface area contributed by atoms with E-state index in [9.17, 15) is 0 Å². The summed E-state index contributed by atoms with van der Waals surface area (Å²) in [6, 6.07) is 10.6. The van der Waals surface area contributed by atoms with E-state index >= 15 is 0 Å². The first-order chi connectivity index (χ1) is 10.3. The van der Waals surface area contributed by atoms with Gasteiger partial charge in [0.15, 0.2) is 0 Å². The van der Waals surface area contributed by atoms with Crippen molar-refractivity contribution in [1.82, 2.24) is 5.32 Å². The van der Waals surface area contributed by atoms with Gasteiger partial charge >= 0.3 is 0 Å². The first kappa shape index (κ1) is 14.9. The molecule has 1 saturated carbocycles. The van der Waals surface area contributed by atoms with E-state index in [1.165, 1.54) is 56.3 Å². The number of rotatable bonds is 5. The normalized spacial score (nSPS) is 24.7. The molecular weight excluding hydrogens is 256 g/mol. The molecule has 0 spiro atoms. The van der Waals surface area contributed by atoms with Crippen molar-refractivity contribution in [2.24, 2.45) is 5.92 Å². The van der Waals surface area contributed by atoms with Gasteiger partial charge in [0, 0.05) is 24.3 Å². The third-order valence-corrected chi connectivity index (χ3v) is 5.63. The second kappa shape index (κ2) is 6.83. The molecule has 1 aromatic rings. The number of nitrogens with one attached hydrogen (secondary N) is 1. The van der Waals surface area contributed by atoms with Gasteiger partial charge in [0.05, 0.1) is 0 Å². The molecule has 2 unspecified atom stereocenters. The predicted octanol–water partition coefficient (Wildman–Crippen LogP) is 4.52. The fourth-order valence-corrected chi connectivity index (χ4v) is 4.45. The van der Waals surface area contributed by atoms with E-state index in [0.29, 0.717) is 6.04 Å². The van der Waals surface area contributed by atoms with E-state index in [1.54, 1.807) is 0 Å². The molecule has 1 aliphatic carbocycles. The minimum Gasteiger partial charge on any atom is -0.368 e. The van der Waals surface area contributed by atoms with Crippen LogP contribution < -0.4 is 10.2 Å². The lowest BCUT2D eigenvalue weighted by Crippen LogP contribution is -2.34. The summed E-state index contributed by atoms with van der Waals surface area (Å²) >= 11 is 0. The Morgan fingerprint density at radius 1 is 1.10 bits per heavy atom. The molecule has 0 radical (unpaired) electrons. The Balaban J connectivity index is 1.73. The molecule has 2 fully saturated rings. The van der Waals surface area contributed by atoms with Crippen LogP contribution in [-0.2, 0) is 0 Å². The molecule has 2 heteroatoms. The van der Waals surface area contributed by atoms with Crippen LogP contribution in [0.5, 0.6) is 0 Å². The molecule has 1 saturated heterocycles. The average Bonchev–Trinajstić information content (AvgIpc) is 3.20. The summed E-state index contributed by atoms with van der Waals surface area (Å²) in [4.78, 5) is 2.69. The van der Waals surface area contributed by atoms with Gasteiger partial charge in [-0.15, -0.1) is 0 Å².